The molecule has 7 atom stereocenters. The van der Waals surface area contributed by atoms with Crippen molar-refractivity contribution in [2.45, 2.75) is 104 Å². The molecule has 5 nitrogen and oxygen atoms in total. The highest BCUT2D eigenvalue weighted by molar-refractivity contribution is 5.77. The first-order valence-electron chi connectivity index (χ1n) is 13.9. The molecule has 0 aliphatic heterocycles. The maximum atomic E-state index is 12.4. The Morgan fingerprint density at radius 3 is 2.67 bits per heavy atom. The predicted octanol–water partition coefficient (Wildman–Crippen LogP) is 5.66. The van der Waals surface area contributed by atoms with Gasteiger partial charge in [-0.1, -0.05) is 57.2 Å². The second-order valence-electron chi connectivity index (χ2n) is 12.2. The van der Waals surface area contributed by atoms with Crippen molar-refractivity contribution in [1.29, 1.82) is 0 Å². The third-order valence-electron chi connectivity index (χ3n) is 9.24. The minimum atomic E-state index is -0.980. The summed E-state index contributed by atoms with van der Waals surface area (Å²) in [5.74, 6) is 0.948. The lowest BCUT2D eigenvalue weighted by molar-refractivity contribution is -0.158. The zero-order chi connectivity index (χ0) is 26.7. The Bertz CT molecular complexity index is 897. The average Bonchev–Trinajstić information content (AvgIpc) is 3.19. The molecule has 3 saturated carbocycles. The molecule has 3 aliphatic rings. The number of hydrogen-bond acceptors (Lipinski definition) is 5. The summed E-state index contributed by atoms with van der Waals surface area (Å²) in [6.45, 7) is 14.5. The third kappa shape index (κ3) is 6.06. The van der Waals surface area contributed by atoms with Crippen molar-refractivity contribution in [3.63, 3.8) is 0 Å². The number of allylic oxidation sites excluding steroid dienone is 4. The zero-order valence-corrected chi connectivity index (χ0v) is 23.0. The van der Waals surface area contributed by atoms with Crippen molar-refractivity contribution in [3.05, 3.63) is 47.6 Å². The van der Waals surface area contributed by atoms with Gasteiger partial charge in [0.05, 0.1) is 30.3 Å². The van der Waals surface area contributed by atoms with Crippen LogP contribution in [0.1, 0.15) is 86.0 Å². The number of hydrogen-bond donors (Lipinski definition) is 3. The number of carbonyl (C=O) groups excluding carboxylic acids is 1. The second kappa shape index (κ2) is 11.8. The van der Waals surface area contributed by atoms with E-state index in [9.17, 15) is 20.1 Å². The minimum Gasteiger partial charge on any atom is -0.465 e. The van der Waals surface area contributed by atoms with Gasteiger partial charge in [0, 0.05) is 6.42 Å². The van der Waals surface area contributed by atoms with Gasteiger partial charge in [-0.2, -0.15) is 0 Å². The van der Waals surface area contributed by atoms with E-state index in [-0.39, 0.29) is 11.4 Å². The Morgan fingerprint density at radius 2 is 1.97 bits per heavy atom. The molecule has 0 aromatic rings. The second-order valence-corrected chi connectivity index (χ2v) is 12.2. The summed E-state index contributed by atoms with van der Waals surface area (Å²) in [7, 11) is 0. The van der Waals surface area contributed by atoms with Crippen molar-refractivity contribution in [2.24, 2.45) is 28.6 Å². The molecular formula is C31H48O5. The standard InChI is InChI=1S/C31H48O5/c1-7-17-36-29(35)30(4,5)28(34)15-10-20(2)25-13-14-26-22(9-8-16-31(25,26)6)11-12-23-18-24(32)19-27(33)21(23)3/h10-12,15,20,24-28,32-34H,3,7-9,13-14,16-19H2,1-2,4-6H3/b15-10+,22-11+,23-12-/t20-,24-,25-,26+,27+,28-,31-/m1/s1. The first-order valence-corrected chi connectivity index (χ1v) is 13.9. The molecule has 3 N–H and O–H groups in total. The lowest BCUT2D eigenvalue weighted by Gasteiger charge is -2.44. The molecule has 3 aliphatic carbocycles. The molecule has 0 amide bonds. The smallest absolute Gasteiger partial charge is 0.314 e. The topological polar surface area (TPSA) is 87.0 Å². The van der Waals surface area contributed by atoms with Crippen molar-refractivity contribution in [1.82, 2.24) is 0 Å². The number of aliphatic hydroxyl groups is 3. The molecule has 0 radical (unpaired) electrons. The Labute approximate surface area is 218 Å². The molecular weight excluding hydrogens is 452 g/mol. The fourth-order valence-corrected chi connectivity index (χ4v) is 6.76. The summed E-state index contributed by atoms with van der Waals surface area (Å²) in [5.41, 5.74) is 2.37. The summed E-state index contributed by atoms with van der Waals surface area (Å²) >= 11 is 0. The van der Waals surface area contributed by atoms with Crippen LogP contribution in [0.2, 0.25) is 0 Å². The first-order chi connectivity index (χ1) is 16.9. The fourth-order valence-electron chi connectivity index (χ4n) is 6.76. The summed E-state index contributed by atoms with van der Waals surface area (Å²) in [6, 6.07) is 0. The van der Waals surface area contributed by atoms with E-state index in [1.165, 1.54) is 12.0 Å². The fraction of sp³-hybridized carbons (Fsp3) is 0.710. The van der Waals surface area contributed by atoms with Crippen LogP contribution in [0, 0.1) is 28.6 Å². The van der Waals surface area contributed by atoms with Crippen LogP contribution in [0.4, 0.5) is 0 Å². The molecule has 202 valence electrons. The Kier molecular flexibility index (Phi) is 9.46. The van der Waals surface area contributed by atoms with Crippen LogP contribution in [0.5, 0.6) is 0 Å². The third-order valence-corrected chi connectivity index (χ3v) is 9.24. The van der Waals surface area contributed by atoms with Crippen molar-refractivity contribution < 1.29 is 24.9 Å². The molecule has 0 aromatic heterocycles. The maximum absolute atomic E-state index is 12.4. The number of ether oxygens (including phenoxy) is 1. The quantitative estimate of drug-likeness (QED) is 0.296. The largest absolute Gasteiger partial charge is 0.465 e. The van der Waals surface area contributed by atoms with E-state index >= 15 is 0 Å². The number of fused-ring (bicyclic) bond motifs is 1. The lowest BCUT2D eigenvalue weighted by Crippen LogP contribution is -2.38. The number of rotatable bonds is 8. The molecule has 0 spiro atoms. The van der Waals surface area contributed by atoms with Gasteiger partial charge in [-0.05, 0) is 93.1 Å². The van der Waals surface area contributed by atoms with Gasteiger partial charge < -0.3 is 20.1 Å². The highest BCUT2D eigenvalue weighted by atomic mass is 16.5. The number of esters is 1. The van der Waals surface area contributed by atoms with Gasteiger partial charge in [0.2, 0.25) is 0 Å². The monoisotopic (exact) mass is 500 g/mol. The van der Waals surface area contributed by atoms with Gasteiger partial charge in [0.15, 0.2) is 0 Å². The molecule has 0 heterocycles. The summed E-state index contributed by atoms with van der Waals surface area (Å²) < 4.78 is 5.29. The molecule has 3 fully saturated rings. The van der Waals surface area contributed by atoms with E-state index in [2.05, 4.69) is 38.7 Å². The lowest BCUT2D eigenvalue weighted by atomic mass is 9.61. The van der Waals surface area contributed by atoms with Gasteiger partial charge in [0.1, 0.15) is 0 Å². The molecule has 5 heteroatoms. The molecule has 36 heavy (non-hydrogen) atoms. The van der Waals surface area contributed by atoms with Crippen molar-refractivity contribution in [3.8, 4) is 0 Å². The number of aliphatic hydroxyl groups excluding tert-OH is 3. The van der Waals surface area contributed by atoms with E-state index in [4.69, 9.17) is 4.74 Å². The highest BCUT2D eigenvalue weighted by Crippen LogP contribution is 2.59. The van der Waals surface area contributed by atoms with Crippen molar-refractivity contribution in [2.75, 3.05) is 6.61 Å². The van der Waals surface area contributed by atoms with Crippen LogP contribution in [0.15, 0.2) is 47.6 Å². The zero-order valence-electron chi connectivity index (χ0n) is 23.0. The number of carbonyl (C=O) groups is 1. The van der Waals surface area contributed by atoms with Crippen LogP contribution in [-0.4, -0.2) is 46.2 Å². The van der Waals surface area contributed by atoms with Gasteiger partial charge in [-0.3, -0.25) is 4.79 Å². The Hall–Kier alpha value is -1.69. The van der Waals surface area contributed by atoms with E-state index in [1.54, 1.807) is 19.9 Å². The van der Waals surface area contributed by atoms with Crippen LogP contribution in [0.3, 0.4) is 0 Å². The summed E-state index contributed by atoms with van der Waals surface area (Å²) in [4.78, 5) is 12.4. The normalized spacial score (nSPS) is 35.3. The summed E-state index contributed by atoms with van der Waals surface area (Å²) in [5, 5.41) is 31.1. The molecule has 0 saturated heterocycles. The first kappa shape index (κ1) is 28.9. The molecule has 0 aromatic carbocycles. The van der Waals surface area contributed by atoms with Gasteiger partial charge in [0.25, 0.3) is 0 Å². The van der Waals surface area contributed by atoms with Crippen LogP contribution in [0.25, 0.3) is 0 Å². The molecule has 0 unspecified atom stereocenters. The average molecular weight is 501 g/mol. The van der Waals surface area contributed by atoms with Crippen molar-refractivity contribution >= 4 is 5.97 Å². The van der Waals surface area contributed by atoms with E-state index in [0.29, 0.717) is 37.2 Å². The van der Waals surface area contributed by atoms with E-state index in [0.717, 1.165) is 43.3 Å². The molecule has 0 bridgehead atoms. The van der Waals surface area contributed by atoms with Gasteiger partial charge in [-0.15, -0.1) is 0 Å². The van der Waals surface area contributed by atoms with Gasteiger partial charge >= 0.3 is 5.97 Å². The van der Waals surface area contributed by atoms with Crippen LogP contribution in [-0.2, 0) is 9.53 Å². The van der Waals surface area contributed by atoms with Crippen LogP contribution < -0.4 is 0 Å². The van der Waals surface area contributed by atoms with E-state index < -0.39 is 23.7 Å². The highest BCUT2D eigenvalue weighted by Gasteiger charge is 2.50. The Morgan fingerprint density at radius 1 is 1.25 bits per heavy atom. The molecule has 3 rings (SSSR count). The predicted molar refractivity (Wildman–Crippen MR) is 144 cm³/mol. The Balaban J connectivity index is 1.71. The van der Waals surface area contributed by atoms with Gasteiger partial charge in [-0.25, -0.2) is 0 Å². The van der Waals surface area contributed by atoms with Crippen LogP contribution >= 0.6 is 0 Å². The SMILES string of the molecule is C=C1/C(=C\C=C2/CCC[C@]3(C)[C@@H]([C@H](C)/C=C/[C@@H](O)C(C)(C)C(=O)OCCC)CC[C@@H]23)C[C@@H](O)C[C@@H]1O. The van der Waals surface area contributed by atoms with E-state index in [1.807, 2.05) is 6.92 Å². The minimum absolute atomic E-state index is 0.190. The summed E-state index contributed by atoms with van der Waals surface area (Å²) in [6.07, 6.45) is 13.6. The maximum Gasteiger partial charge on any atom is 0.314 e.